The van der Waals surface area contributed by atoms with Gasteiger partial charge in [-0.15, -0.1) is 0 Å². The van der Waals surface area contributed by atoms with E-state index in [0.717, 1.165) is 19.3 Å². The van der Waals surface area contributed by atoms with Crippen LogP contribution < -0.4 is 10.5 Å². The molecule has 6 nitrogen and oxygen atoms in total. The van der Waals surface area contributed by atoms with Crippen LogP contribution in [0, 0.1) is 6.92 Å². The minimum Gasteiger partial charge on any atom is -0.326 e. The van der Waals surface area contributed by atoms with Gasteiger partial charge in [0.2, 0.25) is 15.9 Å². The van der Waals surface area contributed by atoms with Gasteiger partial charge in [-0.2, -0.15) is 0 Å². The molecule has 0 aliphatic heterocycles. The zero-order valence-electron chi connectivity index (χ0n) is 15.8. The molecule has 0 aromatic heterocycles. The summed E-state index contributed by atoms with van der Waals surface area (Å²) in [7, 11) is -3.87. The zero-order valence-corrected chi connectivity index (χ0v) is 16.6. The van der Waals surface area contributed by atoms with Crippen molar-refractivity contribution in [3.63, 3.8) is 0 Å². The summed E-state index contributed by atoms with van der Waals surface area (Å²) in [5, 5.41) is 7.81. The number of hydrogen-bond donors (Lipinski definition) is 2. The lowest BCUT2D eigenvalue weighted by molar-refractivity contribution is -0.116. The van der Waals surface area contributed by atoms with Crippen LogP contribution in [0.3, 0.4) is 0 Å². The van der Waals surface area contributed by atoms with Crippen molar-refractivity contribution in [3.8, 4) is 0 Å². The number of aryl methyl sites for hydroxylation is 3. The summed E-state index contributed by atoms with van der Waals surface area (Å²) < 4.78 is 23.2. The minimum absolute atomic E-state index is 0.0223. The van der Waals surface area contributed by atoms with Crippen molar-refractivity contribution < 1.29 is 18.0 Å². The number of hydrogen-bond acceptors (Lipinski definition) is 4. The number of benzene rings is 2. The number of carbonyl (C=O) groups excluding carboxylic acids is 2. The number of fused-ring (bicyclic) bond motifs is 1. The molecule has 0 saturated heterocycles. The first-order valence-electron chi connectivity index (χ1n) is 9.32. The van der Waals surface area contributed by atoms with Crippen LogP contribution in [-0.2, 0) is 27.7 Å². The van der Waals surface area contributed by atoms with E-state index in [4.69, 9.17) is 5.14 Å². The maximum atomic E-state index is 12.4. The lowest BCUT2D eigenvalue weighted by Gasteiger charge is -2.16. The van der Waals surface area contributed by atoms with Crippen molar-refractivity contribution >= 4 is 27.4 Å². The van der Waals surface area contributed by atoms with Gasteiger partial charge in [-0.3, -0.25) is 9.59 Å². The van der Waals surface area contributed by atoms with Gasteiger partial charge in [0, 0.05) is 24.1 Å². The van der Waals surface area contributed by atoms with Crippen molar-refractivity contribution in [1.29, 1.82) is 0 Å². The first kappa shape index (κ1) is 20.2. The molecule has 0 radical (unpaired) electrons. The van der Waals surface area contributed by atoms with E-state index in [1.807, 2.05) is 18.2 Å². The van der Waals surface area contributed by atoms with E-state index in [9.17, 15) is 18.0 Å². The summed E-state index contributed by atoms with van der Waals surface area (Å²) in [6.07, 6.45) is 4.50. The summed E-state index contributed by atoms with van der Waals surface area (Å²) >= 11 is 0. The van der Waals surface area contributed by atoms with Gasteiger partial charge in [0.05, 0.1) is 4.90 Å². The molecule has 2 aromatic rings. The molecule has 0 spiro atoms. The van der Waals surface area contributed by atoms with E-state index < -0.39 is 10.0 Å². The average molecular weight is 401 g/mol. The van der Waals surface area contributed by atoms with Gasteiger partial charge in [0.1, 0.15) is 0 Å². The molecule has 1 aliphatic rings. The molecule has 0 atom stereocenters. The number of Topliss-reactive ketones (excluding diaryl/α,β-unsaturated/α-hetero) is 1. The molecule has 148 valence electrons. The lowest BCUT2D eigenvalue weighted by Crippen LogP contribution is -2.16. The Hall–Kier alpha value is -2.51. The number of nitrogens with two attached hydrogens (primary N) is 1. The molecule has 3 rings (SSSR count). The van der Waals surface area contributed by atoms with Crippen molar-refractivity contribution in [2.45, 2.75) is 50.3 Å². The van der Waals surface area contributed by atoms with E-state index in [-0.39, 0.29) is 29.4 Å². The Labute approximate surface area is 165 Å². The molecule has 0 saturated carbocycles. The number of ketones is 1. The number of nitrogens with one attached hydrogen (secondary N) is 1. The second-order valence-corrected chi connectivity index (χ2v) is 8.72. The fraction of sp³-hybridized carbons (Fsp3) is 0.333. The van der Waals surface area contributed by atoms with Gasteiger partial charge in [-0.25, -0.2) is 13.6 Å². The summed E-state index contributed by atoms with van der Waals surface area (Å²) in [4.78, 5) is 24.6. The van der Waals surface area contributed by atoms with E-state index in [1.54, 1.807) is 19.1 Å². The second-order valence-electron chi connectivity index (χ2n) is 7.19. The van der Waals surface area contributed by atoms with Crippen LogP contribution in [0.25, 0.3) is 0 Å². The van der Waals surface area contributed by atoms with Gasteiger partial charge in [0.25, 0.3) is 0 Å². The summed E-state index contributed by atoms with van der Waals surface area (Å²) in [6.45, 7) is 1.63. The average Bonchev–Trinajstić information content (AvgIpc) is 2.66. The zero-order chi connectivity index (χ0) is 20.3. The number of anilines is 1. The molecule has 1 aliphatic carbocycles. The Morgan fingerprint density at radius 3 is 2.43 bits per heavy atom. The highest BCUT2D eigenvalue weighted by Gasteiger charge is 2.16. The highest BCUT2D eigenvalue weighted by molar-refractivity contribution is 7.89. The Bertz CT molecular complexity index is 1030. The third-order valence-electron chi connectivity index (χ3n) is 5.03. The third kappa shape index (κ3) is 4.85. The number of carbonyl (C=O) groups is 2. The maximum Gasteiger partial charge on any atom is 0.238 e. The molecule has 0 fully saturated rings. The van der Waals surface area contributed by atoms with E-state index in [0.29, 0.717) is 16.8 Å². The van der Waals surface area contributed by atoms with Gasteiger partial charge in [-0.05, 0) is 67.5 Å². The molecule has 3 N–H and O–H groups in total. The number of primary sulfonamides is 1. The number of sulfonamides is 1. The maximum absolute atomic E-state index is 12.4. The first-order valence-corrected chi connectivity index (χ1v) is 10.9. The third-order valence-corrected chi connectivity index (χ3v) is 6.08. The van der Waals surface area contributed by atoms with Crippen LogP contribution in [0.15, 0.2) is 41.3 Å². The van der Waals surface area contributed by atoms with Crippen molar-refractivity contribution in [2.75, 3.05) is 5.32 Å². The van der Waals surface area contributed by atoms with Gasteiger partial charge in [-0.1, -0.05) is 18.2 Å². The topological polar surface area (TPSA) is 106 Å². The van der Waals surface area contributed by atoms with E-state index >= 15 is 0 Å². The molecule has 0 heterocycles. The molecule has 7 heteroatoms. The SMILES string of the molecule is Cc1ccc(NC(=O)CCC(=O)c2ccc3c(c2)CCCC3)cc1S(N)(=O)=O. The van der Waals surface area contributed by atoms with E-state index in [1.165, 1.54) is 23.6 Å². The summed E-state index contributed by atoms with van der Waals surface area (Å²) in [5.74, 6) is -0.423. The van der Waals surface area contributed by atoms with Crippen LogP contribution >= 0.6 is 0 Å². The normalized spacial score (nSPS) is 13.6. The predicted molar refractivity (Wildman–Crippen MR) is 108 cm³/mol. The molecule has 28 heavy (non-hydrogen) atoms. The van der Waals surface area contributed by atoms with Gasteiger partial charge >= 0.3 is 0 Å². The van der Waals surface area contributed by atoms with Crippen LogP contribution in [-0.4, -0.2) is 20.1 Å². The lowest BCUT2D eigenvalue weighted by atomic mass is 9.89. The quantitative estimate of drug-likeness (QED) is 0.727. The molecule has 0 unspecified atom stereocenters. The van der Waals surface area contributed by atoms with Crippen molar-refractivity contribution in [3.05, 3.63) is 58.7 Å². The second kappa shape index (κ2) is 8.24. The molecular formula is C21H24N2O4S. The van der Waals surface area contributed by atoms with Gasteiger partial charge in [0.15, 0.2) is 5.78 Å². The minimum atomic E-state index is -3.87. The number of amides is 1. The molecule has 1 amide bonds. The van der Waals surface area contributed by atoms with E-state index in [2.05, 4.69) is 5.32 Å². The highest BCUT2D eigenvalue weighted by Crippen LogP contribution is 2.23. The largest absolute Gasteiger partial charge is 0.326 e. The van der Waals surface area contributed by atoms with Crippen LogP contribution in [0.5, 0.6) is 0 Å². The first-order chi connectivity index (χ1) is 13.2. The molecule has 2 aromatic carbocycles. The van der Waals surface area contributed by atoms with Crippen molar-refractivity contribution in [2.24, 2.45) is 5.14 Å². The Morgan fingerprint density at radius 1 is 1.00 bits per heavy atom. The number of rotatable bonds is 6. The fourth-order valence-corrected chi connectivity index (χ4v) is 4.29. The fourth-order valence-electron chi connectivity index (χ4n) is 3.49. The van der Waals surface area contributed by atoms with Crippen LogP contribution in [0.2, 0.25) is 0 Å². The van der Waals surface area contributed by atoms with Crippen molar-refractivity contribution in [1.82, 2.24) is 0 Å². The Morgan fingerprint density at radius 2 is 1.71 bits per heavy atom. The summed E-state index contributed by atoms with van der Waals surface area (Å²) in [6, 6.07) is 10.3. The van der Waals surface area contributed by atoms with Crippen LogP contribution in [0.1, 0.15) is 52.7 Å². The monoisotopic (exact) mass is 400 g/mol. The standard InChI is InChI=1S/C21H24N2O4S/c1-14-6-9-18(13-20(14)28(22,26)27)23-21(25)11-10-19(24)17-8-7-15-4-2-3-5-16(15)12-17/h6-9,12-13H,2-5,10-11H2,1H3,(H,23,25)(H2,22,26,27). The van der Waals surface area contributed by atoms with Gasteiger partial charge < -0.3 is 5.32 Å². The van der Waals surface area contributed by atoms with Crippen LogP contribution in [0.4, 0.5) is 5.69 Å². The predicted octanol–water partition coefficient (Wildman–Crippen LogP) is 3.12. The smallest absolute Gasteiger partial charge is 0.238 e. The summed E-state index contributed by atoms with van der Waals surface area (Å²) in [5.41, 5.74) is 4.02. The molecule has 0 bridgehead atoms. The Balaban J connectivity index is 1.61. The Kier molecular flexibility index (Phi) is 5.96. The molecular weight excluding hydrogens is 376 g/mol. The highest BCUT2D eigenvalue weighted by atomic mass is 32.2.